The Morgan fingerprint density at radius 1 is 1.35 bits per heavy atom. The molecule has 2 rings (SSSR count). The third-order valence-electron chi connectivity index (χ3n) is 3.01. The number of aliphatic hydroxyl groups excluding tert-OH is 1. The van der Waals surface area contributed by atoms with Gasteiger partial charge in [0.1, 0.15) is 0 Å². The number of nitrogens with one attached hydrogen (secondary N) is 1. The molecular weight excluding hydrogens is 218 g/mol. The molecule has 0 aliphatic rings. The van der Waals surface area contributed by atoms with Gasteiger partial charge in [0.05, 0.1) is 11.7 Å². The SMILES string of the molecule is Cc1[nH]c2c(C)cc(C(=O)O)cc2c1C(C)O. The predicted octanol–water partition coefficient (Wildman–Crippen LogP) is 2.54. The second kappa shape index (κ2) is 3.89. The van der Waals surface area contributed by atoms with Crippen molar-refractivity contribution in [3.63, 3.8) is 0 Å². The molecule has 4 nitrogen and oxygen atoms in total. The van der Waals surface area contributed by atoms with E-state index in [0.29, 0.717) is 0 Å². The van der Waals surface area contributed by atoms with Crippen molar-refractivity contribution < 1.29 is 15.0 Å². The van der Waals surface area contributed by atoms with Gasteiger partial charge in [-0.25, -0.2) is 4.79 Å². The third kappa shape index (κ3) is 1.80. The zero-order chi connectivity index (χ0) is 12.7. The van der Waals surface area contributed by atoms with E-state index in [1.165, 1.54) is 0 Å². The van der Waals surface area contributed by atoms with Crippen LogP contribution in [-0.4, -0.2) is 21.2 Å². The van der Waals surface area contributed by atoms with E-state index in [4.69, 9.17) is 5.11 Å². The molecule has 17 heavy (non-hydrogen) atoms. The predicted molar refractivity (Wildman–Crippen MR) is 65.4 cm³/mol. The van der Waals surface area contributed by atoms with Gasteiger partial charge in [0.15, 0.2) is 0 Å². The van der Waals surface area contributed by atoms with Gasteiger partial charge in [-0.3, -0.25) is 0 Å². The highest BCUT2D eigenvalue weighted by atomic mass is 16.4. The Kier molecular flexibility index (Phi) is 2.67. The summed E-state index contributed by atoms with van der Waals surface area (Å²) in [7, 11) is 0. The first kappa shape index (κ1) is 11.7. The Morgan fingerprint density at radius 2 is 2.00 bits per heavy atom. The summed E-state index contributed by atoms with van der Waals surface area (Å²) in [6.07, 6.45) is -0.618. The van der Waals surface area contributed by atoms with E-state index in [-0.39, 0.29) is 5.56 Å². The number of aryl methyl sites for hydroxylation is 2. The summed E-state index contributed by atoms with van der Waals surface area (Å²) < 4.78 is 0. The monoisotopic (exact) mass is 233 g/mol. The zero-order valence-corrected chi connectivity index (χ0v) is 10.0. The number of carboxylic acid groups (broad SMARTS) is 1. The van der Waals surface area contributed by atoms with Crippen molar-refractivity contribution in [3.8, 4) is 0 Å². The maximum absolute atomic E-state index is 11.0. The van der Waals surface area contributed by atoms with Crippen LogP contribution in [0, 0.1) is 13.8 Å². The van der Waals surface area contributed by atoms with Crippen LogP contribution in [0.5, 0.6) is 0 Å². The van der Waals surface area contributed by atoms with Crippen molar-refractivity contribution in [2.45, 2.75) is 26.9 Å². The average molecular weight is 233 g/mol. The van der Waals surface area contributed by atoms with Crippen molar-refractivity contribution in [1.82, 2.24) is 4.98 Å². The van der Waals surface area contributed by atoms with E-state index in [9.17, 15) is 9.90 Å². The van der Waals surface area contributed by atoms with E-state index in [1.54, 1.807) is 19.1 Å². The van der Waals surface area contributed by atoms with Crippen LogP contribution in [0.4, 0.5) is 0 Å². The molecule has 0 bridgehead atoms. The molecule has 0 aliphatic heterocycles. The van der Waals surface area contributed by atoms with Gasteiger partial charge >= 0.3 is 5.97 Å². The Hall–Kier alpha value is -1.81. The molecule has 1 unspecified atom stereocenters. The van der Waals surface area contributed by atoms with Crippen molar-refractivity contribution in [1.29, 1.82) is 0 Å². The maximum atomic E-state index is 11.0. The number of aromatic carboxylic acids is 1. The number of aliphatic hydroxyl groups is 1. The number of aromatic amines is 1. The fourth-order valence-electron chi connectivity index (χ4n) is 2.28. The number of carbonyl (C=O) groups is 1. The van der Waals surface area contributed by atoms with Crippen LogP contribution >= 0.6 is 0 Å². The standard InChI is InChI=1S/C13H15NO3/c1-6-4-9(13(16)17)5-10-11(8(3)15)7(2)14-12(6)10/h4-5,8,14-15H,1-3H3,(H,16,17). The number of hydrogen-bond acceptors (Lipinski definition) is 2. The Bertz CT molecular complexity index is 596. The summed E-state index contributed by atoms with van der Waals surface area (Å²) in [5, 5.41) is 19.6. The lowest BCUT2D eigenvalue weighted by Crippen LogP contribution is -1.98. The van der Waals surface area contributed by atoms with Crippen LogP contribution in [0.3, 0.4) is 0 Å². The van der Waals surface area contributed by atoms with Crippen molar-refractivity contribution in [2.75, 3.05) is 0 Å². The third-order valence-corrected chi connectivity index (χ3v) is 3.01. The molecule has 1 aromatic carbocycles. The Balaban J connectivity index is 2.84. The van der Waals surface area contributed by atoms with Gasteiger partial charge in [0.25, 0.3) is 0 Å². The maximum Gasteiger partial charge on any atom is 0.335 e. The molecule has 0 radical (unpaired) electrons. The number of benzene rings is 1. The first-order chi connectivity index (χ1) is 7.91. The molecule has 0 saturated carbocycles. The quantitative estimate of drug-likeness (QED) is 0.746. The Morgan fingerprint density at radius 3 is 2.53 bits per heavy atom. The summed E-state index contributed by atoms with van der Waals surface area (Å²) >= 11 is 0. The fourth-order valence-corrected chi connectivity index (χ4v) is 2.28. The number of H-pyrrole nitrogens is 1. The molecular formula is C13H15NO3. The number of fused-ring (bicyclic) bond motifs is 1. The molecule has 4 heteroatoms. The van der Waals surface area contributed by atoms with Gasteiger partial charge in [-0.15, -0.1) is 0 Å². The molecule has 0 spiro atoms. The molecule has 1 aromatic heterocycles. The highest BCUT2D eigenvalue weighted by molar-refractivity contribution is 5.96. The second-order valence-electron chi connectivity index (χ2n) is 4.36. The second-order valence-corrected chi connectivity index (χ2v) is 4.36. The lowest BCUT2D eigenvalue weighted by Gasteiger charge is -2.05. The largest absolute Gasteiger partial charge is 0.478 e. The smallest absolute Gasteiger partial charge is 0.335 e. The topological polar surface area (TPSA) is 73.3 Å². The number of carboxylic acids is 1. The summed E-state index contributed by atoms with van der Waals surface area (Å²) in [5.41, 5.74) is 3.65. The van der Waals surface area contributed by atoms with Gasteiger partial charge < -0.3 is 15.2 Å². The lowest BCUT2D eigenvalue weighted by atomic mass is 10.0. The minimum atomic E-state index is -0.953. The van der Waals surface area contributed by atoms with E-state index < -0.39 is 12.1 Å². The zero-order valence-electron chi connectivity index (χ0n) is 10.0. The summed E-state index contributed by atoms with van der Waals surface area (Å²) in [4.78, 5) is 14.2. The highest BCUT2D eigenvalue weighted by Crippen LogP contribution is 2.30. The minimum Gasteiger partial charge on any atom is -0.478 e. The molecule has 1 atom stereocenters. The molecule has 3 N–H and O–H groups in total. The van der Waals surface area contributed by atoms with Crippen LogP contribution in [0.2, 0.25) is 0 Å². The van der Waals surface area contributed by atoms with Gasteiger partial charge in [-0.05, 0) is 38.5 Å². The van der Waals surface area contributed by atoms with Gasteiger partial charge in [0, 0.05) is 22.2 Å². The van der Waals surface area contributed by atoms with Crippen molar-refractivity contribution >= 4 is 16.9 Å². The number of rotatable bonds is 2. The Labute approximate surface area is 98.9 Å². The van der Waals surface area contributed by atoms with Crippen LogP contribution in [0.25, 0.3) is 10.9 Å². The van der Waals surface area contributed by atoms with Crippen LogP contribution < -0.4 is 0 Å². The van der Waals surface area contributed by atoms with Crippen LogP contribution in [-0.2, 0) is 0 Å². The molecule has 0 amide bonds. The van der Waals surface area contributed by atoms with Crippen molar-refractivity contribution in [3.05, 3.63) is 34.5 Å². The molecule has 0 aliphatic carbocycles. The fraction of sp³-hybridized carbons (Fsp3) is 0.308. The molecule has 2 aromatic rings. The van der Waals surface area contributed by atoms with E-state index in [0.717, 1.165) is 27.7 Å². The first-order valence-electron chi connectivity index (χ1n) is 5.46. The van der Waals surface area contributed by atoms with E-state index in [2.05, 4.69) is 4.98 Å². The minimum absolute atomic E-state index is 0.246. The molecule has 0 saturated heterocycles. The van der Waals surface area contributed by atoms with Crippen LogP contribution in [0.1, 0.15) is 40.2 Å². The van der Waals surface area contributed by atoms with E-state index >= 15 is 0 Å². The normalized spacial score (nSPS) is 12.9. The summed E-state index contributed by atoms with van der Waals surface area (Å²) in [6.45, 7) is 5.41. The van der Waals surface area contributed by atoms with E-state index in [1.807, 2.05) is 13.8 Å². The lowest BCUT2D eigenvalue weighted by molar-refractivity contribution is 0.0697. The summed E-state index contributed by atoms with van der Waals surface area (Å²) in [5.74, 6) is -0.953. The van der Waals surface area contributed by atoms with Crippen molar-refractivity contribution in [2.24, 2.45) is 0 Å². The van der Waals surface area contributed by atoms with Crippen LogP contribution in [0.15, 0.2) is 12.1 Å². The molecule has 0 fully saturated rings. The highest BCUT2D eigenvalue weighted by Gasteiger charge is 2.16. The first-order valence-corrected chi connectivity index (χ1v) is 5.46. The number of aromatic nitrogens is 1. The summed E-state index contributed by atoms with van der Waals surface area (Å²) in [6, 6.07) is 3.24. The average Bonchev–Trinajstić information content (AvgIpc) is 2.54. The molecule has 1 heterocycles. The van der Waals surface area contributed by atoms with Gasteiger partial charge in [-0.2, -0.15) is 0 Å². The molecule has 90 valence electrons. The van der Waals surface area contributed by atoms with Gasteiger partial charge in [0.2, 0.25) is 0 Å². The van der Waals surface area contributed by atoms with Gasteiger partial charge in [-0.1, -0.05) is 0 Å². The number of hydrogen-bond donors (Lipinski definition) is 3.